The minimum Gasteiger partial charge on any atom is -0.343 e. The Labute approximate surface area is 106 Å². The molecule has 1 aromatic rings. The van der Waals surface area contributed by atoms with Gasteiger partial charge in [-0.15, -0.1) is 0 Å². The van der Waals surface area contributed by atoms with E-state index in [-0.39, 0.29) is 10.8 Å². The normalized spacial score (nSPS) is 20.4. The van der Waals surface area contributed by atoms with Crippen LogP contribution in [0, 0.1) is 6.92 Å². The molecule has 18 heavy (non-hydrogen) atoms. The Morgan fingerprint density at radius 1 is 1.28 bits per heavy atom. The third kappa shape index (κ3) is 2.54. The van der Waals surface area contributed by atoms with Crippen LogP contribution in [0.3, 0.4) is 0 Å². The molecule has 1 fully saturated rings. The number of likely N-dealkylation sites (N-methyl/N-ethyl adjacent to an activating group) is 1. The average Bonchev–Trinajstić information content (AvgIpc) is 2.61. The minimum absolute atomic E-state index is 0.0791. The number of likely N-dealkylation sites (tertiary alicyclic amines) is 1. The smallest absolute Gasteiger partial charge is 0.297 e. The van der Waals surface area contributed by atoms with Crippen molar-refractivity contribution in [1.29, 1.82) is 0 Å². The molecule has 0 spiro atoms. The second-order valence-electron chi connectivity index (χ2n) is 4.40. The number of aryl methyl sites for hydroxylation is 1. The van der Waals surface area contributed by atoms with Gasteiger partial charge in [0.15, 0.2) is 6.10 Å². The van der Waals surface area contributed by atoms with Gasteiger partial charge in [0.05, 0.1) is 4.90 Å². The molecule has 5 nitrogen and oxygen atoms in total. The number of benzene rings is 1. The molecule has 1 aromatic carbocycles. The largest absolute Gasteiger partial charge is 0.343 e. The van der Waals surface area contributed by atoms with Gasteiger partial charge in [0.1, 0.15) is 0 Å². The summed E-state index contributed by atoms with van der Waals surface area (Å²) >= 11 is 0. The highest BCUT2D eigenvalue weighted by molar-refractivity contribution is 7.86. The summed E-state index contributed by atoms with van der Waals surface area (Å²) in [4.78, 5) is 13.2. The summed E-state index contributed by atoms with van der Waals surface area (Å²) in [6.45, 7) is 2.39. The SMILES string of the molecule is Cc1ccc(S(=O)(=O)OC2CCN(C)C2=O)cc1. The summed E-state index contributed by atoms with van der Waals surface area (Å²) in [6, 6.07) is 6.35. The van der Waals surface area contributed by atoms with Gasteiger partial charge < -0.3 is 4.90 Å². The number of nitrogens with zero attached hydrogens (tertiary/aromatic N) is 1. The molecule has 0 N–H and O–H groups in total. The maximum Gasteiger partial charge on any atom is 0.297 e. The molecule has 2 rings (SSSR count). The molecule has 0 aliphatic carbocycles. The van der Waals surface area contributed by atoms with Crippen LogP contribution in [0.15, 0.2) is 29.2 Å². The van der Waals surface area contributed by atoms with E-state index < -0.39 is 16.2 Å². The predicted octanol–water partition coefficient (Wildman–Crippen LogP) is 0.931. The Kier molecular flexibility index (Phi) is 3.41. The van der Waals surface area contributed by atoms with Gasteiger partial charge in [0.25, 0.3) is 16.0 Å². The van der Waals surface area contributed by atoms with Crippen LogP contribution in [-0.4, -0.2) is 38.9 Å². The number of hydrogen-bond donors (Lipinski definition) is 0. The van der Waals surface area contributed by atoms with Gasteiger partial charge >= 0.3 is 0 Å². The summed E-state index contributed by atoms with van der Waals surface area (Å²) in [7, 11) is -2.24. The van der Waals surface area contributed by atoms with E-state index >= 15 is 0 Å². The zero-order chi connectivity index (χ0) is 13.3. The standard InChI is InChI=1S/C12H15NO4S/c1-9-3-5-10(6-4-9)18(15,16)17-11-7-8-13(2)12(11)14/h3-6,11H,7-8H2,1-2H3. The van der Waals surface area contributed by atoms with E-state index in [1.807, 2.05) is 6.92 Å². The van der Waals surface area contributed by atoms with E-state index in [1.165, 1.54) is 17.0 Å². The van der Waals surface area contributed by atoms with Crippen molar-refractivity contribution in [1.82, 2.24) is 4.90 Å². The van der Waals surface area contributed by atoms with Gasteiger partial charge in [-0.1, -0.05) is 17.7 Å². The number of carbonyl (C=O) groups is 1. The van der Waals surface area contributed by atoms with Crippen molar-refractivity contribution >= 4 is 16.0 Å². The first-order valence-corrected chi connectivity index (χ1v) is 7.06. The third-order valence-corrected chi connectivity index (χ3v) is 4.27. The molecule has 0 radical (unpaired) electrons. The molecule has 1 saturated heterocycles. The van der Waals surface area contributed by atoms with E-state index in [9.17, 15) is 13.2 Å². The molecule has 0 aromatic heterocycles. The summed E-state index contributed by atoms with van der Waals surface area (Å²) in [6.07, 6.45) is -0.484. The van der Waals surface area contributed by atoms with E-state index in [1.54, 1.807) is 19.2 Å². The Morgan fingerprint density at radius 2 is 1.89 bits per heavy atom. The van der Waals surface area contributed by atoms with Crippen LogP contribution in [0.5, 0.6) is 0 Å². The van der Waals surface area contributed by atoms with Crippen LogP contribution in [0.2, 0.25) is 0 Å². The van der Waals surface area contributed by atoms with Crippen LogP contribution < -0.4 is 0 Å². The summed E-state index contributed by atoms with van der Waals surface area (Å²) in [5.41, 5.74) is 0.964. The first-order valence-electron chi connectivity index (χ1n) is 5.65. The topological polar surface area (TPSA) is 63.7 Å². The molecule has 6 heteroatoms. The number of carbonyl (C=O) groups excluding carboxylic acids is 1. The zero-order valence-electron chi connectivity index (χ0n) is 10.3. The highest BCUT2D eigenvalue weighted by atomic mass is 32.2. The van der Waals surface area contributed by atoms with Crippen LogP contribution in [0.4, 0.5) is 0 Å². The lowest BCUT2D eigenvalue weighted by atomic mass is 10.2. The maximum atomic E-state index is 12.0. The lowest BCUT2D eigenvalue weighted by molar-refractivity contribution is -0.132. The van der Waals surface area contributed by atoms with Crippen LogP contribution in [0.25, 0.3) is 0 Å². The van der Waals surface area contributed by atoms with Crippen molar-refractivity contribution in [2.75, 3.05) is 13.6 Å². The van der Waals surface area contributed by atoms with Gasteiger partial charge in [-0.25, -0.2) is 0 Å². The summed E-state index contributed by atoms with van der Waals surface area (Å²) < 4.78 is 28.9. The van der Waals surface area contributed by atoms with E-state index in [0.29, 0.717) is 13.0 Å². The highest BCUT2D eigenvalue weighted by Crippen LogP contribution is 2.20. The van der Waals surface area contributed by atoms with Gasteiger partial charge in [0, 0.05) is 20.0 Å². The summed E-state index contributed by atoms with van der Waals surface area (Å²) in [5.74, 6) is -0.286. The molecule has 1 aliphatic heterocycles. The zero-order valence-corrected chi connectivity index (χ0v) is 11.1. The minimum atomic E-state index is -3.86. The van der Waals surface area contributed by atoms with Crippen molar-refractivity contribution in [3.05, 3.63) is 29.8 Å². The first kappa shape index (κ1) is 13.0. The quantitative estimate of drug-likeness (QED) is 0.766. The number of hydrogen-bond acceptors (Lipinski definition) is 4. The lowest BCUT2D eigenvalue weighted by Gasteiger charge is -2.11. The van der Waals surface area contributed by atoms with Gasteiger partial charge in [-0.2, -0.15) is 8.42 Å². The third-order valence-electron chi connectivity index (χ3n) is 2.93. The lowest BCUT2D eigenvalue weighted by Crippen LogP contribution is -2.29. The molecule has 1 amide bonds. The Balaban J connectivity index is 2.18. The summed E-state index contributed by atoms with van der Waals surface area (Å²) in [5, 5.41) is 0. The van der Waals surface area contributed by atoms with Crippen molar-refractivity contribution < 1.29 is 17.4 Å². The molecule has 1 heterocycles. The first-order chi connectivity index (χ1) is 8.40. The molecule has 98 valence electrons. The van der Waals surface area contributed by atoms with E-state index in [2.05, 4.69) is 0 Å². The Hall–Kier alpha value is -1.40. The monoisotopic (exact) mass is 269 g/mol. The van der Waals surface area contributed by atoms with Gasteiger partial charge in [0.2, 0.25) is 0 Å². The fraction of sp³-hybridized carbons (Fsp3) is 0.417. The molecule has 1 atom stereocenters. The maximum absolute atomic E-state index is 12.0. The number of rotatable bonds is 3. The fourth-order valence-electron chi connectivity index (χ4n) is 1.79. The molecular weight excluding hydrogens is 254 g/mol. The Morgan fingerprint density at radius 3 is 2.39 bits per heavy atom. The van der Waals surface area contributed by atoms with Gasteiger partial charge in [-0.3, -0.25) is 8.98 Å². The molecule has 0 saturated carbocycles. The van der Waals surface area contributed by atoms with Gasteiger partial charge in [-0.05, 0) is 19.1 Å². The van der Waals surface area contributed by atoms with Crippen molar-refractivity contribution in [2.45, 2.75) is 24.3 Å². The molecule has 1 unspecified atom stereocenters. The fourth-order valence-corrected chi connectivity index (χ4v) is 2.86. The molecule has 0 bridgehead atoms. The number of amides is 1. The van der Waals surface area contributed by atoms with Crippen LogP contribution in [-0.2, 0) is 19.1 Å². The predicted molar refractivity (Wildman–Crippen MR) is 65.5 cm³/mol. The van der Waals surface area contributed by atoms with E-state index in [4.69, 9.17) is 4.18 Å². The Bertz CT molecular complexity index is 550. The molecule has 1 aliphatic rings. The van der Waals surface area contributed by atoms with Crippen molar-refractivity contribution in [3.63, 3.8) is 0 Å². The van der Waals surface area contributed by atoms with Crippen molar-refractivity contribution in [3.8, 4) is 0 Å². The van der Waals surface area contributed by atoms with Crippen LogP contribution in [0.1, 0.15) is 12.0 Å². The average molecular weight is 269 g/mol. The van der Waals surface area contributed by atoms with Crippen molar-refractivity contribution in [2.24, 2.45) is 0 Å². The van der Waals surface area contributed by atoms with Crippen LogP contribution >= 0.6 is 0 Å². The second-order valence-corrected chi connectivity index (χ2v) is 5.97. The van der Waals surface area contributed by atoms with E-state index in [0.717, 1.165) is 5.56 Å². The second kappa shape index (κ2) is 4.70. The highest BCUT2D eigenvalue weighted by Gasteiger charge is 2.34. The molecular formula is C12H15NO4S.